The van der Waals surface area contributed by atoms with E-state index in [2.05, 4.69) is 0 Å². The summed E-state index contributed by atoms with van der Waals surface area (Å²) in [6, 6.07) is 9.54. The molecule has 0 fully saturated rings. The van der Waals surface area contributed by atoms with Crippen LogP contribution in [-0.2, 0) is 11.3 Å². The van der Waals surface area contributed by atoms with Gasteiger partial charge in [-0.3, -0.25) is 9.59 Å². The van der Waals surface area contributed by atoms with Crippen molar-refractivity contribution in [1.82, 2.24) is 4.90 Å². The molecule has 0 bridgehead atoms. The number of rotatable bonds is 6. The second-order valence-corrected chi connectivity index (χ2v) is 6.00. The van der Waals surface area contributed by atoms with Gasteiger partial charge in [0.25, 0.3) is 0 Å². The molecule has 0 aliphatic rings. The van der Waals surface area contributed by atoms with Crippen LogP contribution in [0.5, 0.6) is 0 Å². The highest BCUT2D eigenvalue weighted by Crippen LogP contribution is 2.15. The summed E-state index contributed by atoms with van der Waals surface area (Å²) < 4.78 is 5.47. The lowest BCUT2D eigenvalue weighted by Crippen LogP contribution is -2.26. The van der Waals surface area contributed by atoms with Gasteiger partial charge in [-0.05, 0) is 44.5 Å². The first-order chi connectivity index (χ1) is 10.9. The molecule has 2 aromatic rings. The molecule has 122 valence electrons. The van der Waals surface area contributed by atoms with Gasteiger partial charge >= 0.3 is 0 Å². The first kappa shape index (κ1) is 17.0. The van der Waals surface area contributed by atoms with E-state index in [4.69, 9.17) is 4.42 Å². The predicted octanol–water partition coefficient (Wildman–Crippen LogP) is 3.83. The highest BCUT2D eigenvalue weighted by atomic mass is 16.3. The fraction of sp³-hybridized carbons (Fsp3) is 0.368. The smallest absolute Gasteiger partial charge is 0.223 e. The summed E-state index contributed by atoms with van der Waals surface area (Å²) in [5.41, 5.74) is 2.71. The average molecular weight is 313 g/mol. The second kappa shape index (κ2) is 7.27. The van der Waals surface area contributed by atoms with Crippen LogP contribution in [0.25, 0.3) is 0 Å². The Morgan fingerprint density at radius 2 is 1.78 bits per heavy atom. The third-order valence-corrected chi connectivity index (χ3v) is 3.87. The average Bonchev–Trinajstić information content (AvgIpc) is 2.91. The molecule has 0 saturated carbocycles. The van der Waals surface area contributed by atoms with E-state index in [-0.39, 0.29) is 24.5 Å². The van der Waals surface area contributed by atoms with Gasteiger partial charge in [0.05, 0.1) is 6.54 Å². The molecule has 0 aliphatic heterocycles. The minimum atomic E-state index is -0.0577. The van der Waals surface area contributed by atoms with Gasteiger partial charge < -0.3 is 9.32 Å². The quantitative estimate of drug-likeness (QED) is 0.762. The molecule has 0 saturated heterocycles. The normalized spacial score (nSPS) is 10.6. The minimum Gasteiger partial charge on any atom is -0.464 e. The van der Waals surface area contributed by atoms with Crippen LogP contribution in [0.3, 0.4) is 0 Å². The third-order valence-electron chi connectivity index (χ3n) is 3.87. The number of hydrogen-bond donors (Lipinski definition) is 0. The highest BCUT2D eigenvalue weighted by Gasteiger charge is 2.15. The van der Waals surface area contributed by atoms with E-state index in [1.54, 1.807) is 11.9 Å². The van der Waals surface area contributed by atoms with Crippen LogP contribution >= 0.6 is 0 Å². The molecule has 1 heterocycles. The summed E-state index contributed by atoms with van der Waals surface area (Å²) in [5.74, 6) is 1.53. The highest BCUT2D eigenvalue weighted by molar-refractivity contribution is 5.99. The molecular formula is C19H23NO3. The molecular weight excluding hydrogens is 290 g/mol. The number of amides is 1. The topological polar surface area (TPSA) is 50.5 Å². The van der Waals surface area contributed by atoms with Crippen molar-refractivity contribution in [3.63, 3.8) is 0 Å². The SMILES string of the molecule is Cc1ccc(C)c(C(=O)CCC(=O)N(C)Cc2ccc(C)o2)c1. The summed E-state index contributed by atoms with van der Waals surface area (Å²) in [7, 11) is 1.72. The molecule has 1 amide bonds. The zero-order chi connectivity index (χ0) is 17.0. The first-order valence-corrected chi connectivity index (χ1v) is 7.76. The van der Waals surface area contributed by atoms with Crippen molar-refractivity contribution in [1.29, 1.82) is 0 Å². The van der Waals surface area contributed by atoms with Gasteiger partial charge in [0.2, 0.25) is 5.91 Å². The van der Waals surface area contributed by atoms with Gasteiger partial charge in [-0.25, -0.2) is 0 Å². The molecule has 1 aromatic carbocycles. The lowest BCUT2D eigenvalue weighted by molar-refractivity contribution is -0.130. The summed E-state index contributed by atoms with van der Waals surface area (Å²) in [6.45, 7) is 6.17. The molecule has 0 aliphatic carbocycles. The minimum absolute atomic E-state index is 0.0155. The summed E-state index contributed by atoms with van der Waals surface area (Å²) in [6.07, 6.45) is 0.438. The summed E-state index contributed by atoms with van der Waals surface area (Å²) in [5, 5.41) is 0. The Bertz CT molecular complexity index is 715. The van der Waals surface area contributed by atoms with Crippen LogP contribution in [-0.4, -0.2) is 23.6 Å². The maximum absolute atomic E-state index is 12.3. The maximum atomic E-state index is 12.3. The predicted molar refractivity (Wildman–Crippen MR) is 89.4 cm³/mol. The second-order valence-electron chi connectivity index (χ2n) is 6.00. The Balaban J connectivity index is 1.90. The summed E-state index contributed by atoms with van der Waals surface area (Å²) >= 11 is 0. The molecule has 4 heteroatoms. The molecule has 23 heavy (non-hydrogen) atoms. The van der Waals surface area contributed by atoms with Crippen molar-refractivity contribution in [3.8, 4) is 0 Å². The van der Waals surface area contributed by atoms with Gasteiger partial charge in [-0.2, -0.15) is 0 Å². The Morgan fingerprint density at radius 1 is 1.04 bits per heavy atom. The molecule has 1 aromatic heterocycles. The molecule has 0 radical (unpaired) electrons. The van der Waals surface area contributed by atoms with Crippen molar-refractivity contribution in [2.24, 2.45) is 0 Å². The number of carbonyl (C=O) groups excluding carboxylic acids is 2. The van der Waals surface area contributed by atoms with Crippen LogP contribution in [0.2, 0.25) is 0 Å². The lowest BCUT2D eigenvalue weighted by atomic mass is 9.99. The number of nitrogens with zero attached hydrogens (tertiary/aromatic N) is 1. The van der Waals surface area contributed by atoms with E-state index in [1.807, 2.05) is 51.1 Å². The number of furan rings is 1. The zero-order valence-corrected chi connectivity index (χ0v) is 14.2. The van der Waals surface area contributed by atoms with Gasteiger partial charge in [-0.15, -0.1) is 0 Å². The number of Topliss-reactive ketones (excluding diaryl/α,β-unsaturated/α-hetero) is 1. The van der Waals surface area contributed by atoms with Crippen LogP contribution < -0.4 is 0 Å². The number of carbonyl (C=O) groups is 2. The number of aryl methyl sites for hydroxylation is 3. The van der Waals surface area contributed by atoms with Gasteiger partial charge in [0.1, 0.15) is 11.5 Å². The third kappa shape index (κ3) is 4.55. The van der Waals surface area contributed by atoms with E-state index in [0.29, 0.717) is 12.1 Å². The standard InChI is InChI=1S/C19H23NO3/c1-13-5-6-14(2)17(11-13)18(21)9-10-19(22)20(4)12-16-8-7-15(3)23-16/h5-8,11H,9-10,12H2,1-4H3. The number of hydrogen-bond acceptors (Lipinski definition) is 3. The van der Waals surface area contributed by atoms with E-state index in [0.717, 1.165) is 22.6 Å². The number of ketones is 1. The van der Waals surface area contributed by atoms with Gasteiger partial charge in [0.15, 0.2) is 5.78 Å². The van der Waals surface area contributed by atoms with E-state index >= 15 is 0 Å². The van der Waals surface area contributed by atoms with Crippen LogP contribution in [0, 0.1) is 20.8 Å². The van der Waals surface area contributed by atoms with Crippen molar-refractivity contribution >= 4 is 11.7 Å². The molecule has 0 unspecified atom stereocenters. The van der Waals surface area contributed by atoms with Crippen molar-refractivity contribution in [3.05, 3.63) is 58.5 Å². The van der Waals surface area contributed by atoms with Gasteiger partial charge in [-0.1, -0.05) is 17.7 Å². The largest absolute Gasteiger partial charge is 0.464 e. The van der Waals surface area contributed by atoms with E-state index < -0.39 is 0 Å². The van der Waals surface area contributed by atoms with Crippen LogP contribution in [0.1, 0.15) is 45.8 Å². The van der Waals surface area contributed by atoms with Gasteiger partial charge in [0, 0.05) is 25.5 Å². The first-order valence-electron chi connectivity index (χ1n) is 7.76. The molecule has 2 rings (SSSR count). The number of benzene rings is 1. The maximum Gasteiger partial charge on any atom is 0.223 e. The molecule has 0 spiro atoms. The zero-order valence-electron chi connectivity index (χ0n) is 14.2. The summed E-state index contributed by atoms with van der Waals surface area (Å²) in [4.78, 5) is 26.1. The Hall–Kier alpha value is -2.36. The van der Waals surface area contributed by atoms with Crippen molar-refractivity contribution in [2.75, 3.05) is 7.05 Å². The Morgan fingerprint density at radius 3 is 2.43 bits per heavy atom. The lowest BCUT2D eigenvalue weighted by Gasteiger charge is -2.15. The molecule has 4 nitrogen and oxygen atoms in total. The Kier molecular flexibility index (Phi) is 5.37. The van der Waals surface area contributed by atoms with E-state index in [1.165, 1.54) is 0 Å². The van der Waals surface area contributed by atoms with E-state index in [9.17, 15) is 9.59 Å². The van der Waals surface area contributed by atoms with Crippen LogP contribution in [0.4, 0.5) is 0 Å². The van der Waals surface area contributed by atoms with Crippen molar-refractivity contribution in [2.45, 2.75) is 40.2 Å². The fourth-order valence-electron chi connectivity index (χ4n) is 2.47. The molecule has 0 N–H and O–H groups in total. The molecule has 0 atom stereocenters. The fourth-order valence-corrected chi connectivity index (χ4v) is 2.47. The van der Waals surface area contributed by atoms with Crippen LogP contribution in [0.15, 0.2) is 34.7 Å². The Labute approximate surface area is 137 Å². The van der Waals surface area contributed by atoms with Crippen molar-refractivity contribution < 1.29 is 14.0 Å². The monoisotopic (exact) mass is 313 g/mol.